The molecular weight excluding hydrogens is 362 g/mol. The summed E-state index contributed by atoms with van der Waals surface area (Å²) in [5, 5.41) is 0. The fourth-order valence-electron chi connectivity index (χ4n) is 3.41. The lowest BCUT2D eigenvalue weighted by atomic mass is 10.1. The standard InChI is InChI=1S/C21H27NO4S/c1-17-4-3-5-21(14-17)26-12-11-22(19-10-13-27(23,24)16-19)15-18-6-8-20(25-2)9-7-18/h3-9,14,19H,10-13,15-16H2,1-2H3. The summed E-state index contributed by atoms with van der Waals surface area (Å²) in [4.78, 5) is 2.22. The third-order valence-electron chi connectivity index (χ3n) is 4.91. The molecule has 2 aromatic carbocycles. The summed E-state index contributed by atoms with van der Waals surface area (Å²) in [7, 11) is -1.28. The second-order valence-electron chi connectivity index (χ2n) is 7.04. The first-order valence-electron chi connectivity index (χ1n) is 9.22. The van der Waals surface area contributed by atoms with E-state index in [2.05, 4.69) is 4.90 Å². The number of benzene rings is 2. The molecule has 146 valence electrons. The molecule has 1 fully saturated rings. The molecule has 0 amide bonds. The SMILES string of the molecule is COc1ccc(CN(CCOc2cccc(C)c2)C2CCS(=O)(=O)C2)cc1. The van der Waals surface area contributed by atoms with E-state index >= 15 is 0 Å². The van der Waals surface area contributed by atoms with Gasteiger partial charge in [-0.15, -0.1) is 0 Å². The smallest absolute Gasteiger partial charge is 0.151 e. The van der Waals surface area contributed by atoms with Gasteiger partial charge >= 0.3 is 0 Å². The normalized spacial score (nSPS) is 18.6. The maximum atomic E-state index is 11.9. The van der Waals surface area contributed by atoms with Gasteiger partial charge in [-0.05, 0) is 48.7 Å². The summed E-state index contributed by atoms with van der Waals surface area (Å²) in [5.41, 5.74) is 2.29. The minimum absolute atomic E-state index is 0.0400. The zero-order valence-electron chi connectivity index (χ0n) is 15.9. The lowest BCUT2D eigenvalue weighted by Gasteiger charge is -2.28. The van der Waals surface area contributed by atoms with Crippen molar-refractivity contribution in [1.82, 2.24) is 4.90 Å². The Morgan fingerprint density at radius 1 is 1.11 bits per heavy atom. The van der Waals surface area contributed by atoms with Crippen LogP contribution < -0.4 is 9.47 Å². The molecule has 0 N–H and O–H groups in total. The van der Waals surface area contributed by atoms with E-state index in [-0.39, 0.29) is 17.5 Å². The van der Waals surface area contributed by atoms with Crippen LogP contribution in [0.4, 0.5) is 0 Å². The summed E-state index contributed by atoms with van der Waals surface area (Å²) < 4.78 is 35.0. The van der Waals surface area contributed by atoms with Crippen LogP contribution in [-0.4, -0.2) is 51.1 Å². The lowest BCUT2D eigenvalue weighted by Crippen LogP contribution is -2.38. The average Bonchev–Trinajstić information content (AvgIpc) is 3.01. The predicted molar refractivity (Wildman–Crippen MR) is 107 cm³/mol. The molecule has 3 rings (SSSR count). The number of methoxy groups -OCH3 is 1. The zero-order chi connectivity index (χ0) is 19.3. The topological polar surface area (TPSA) is 55.8 Å². The highest BCUT2D eigenvalue weighted by Crippen LogP contribution is 2.21. The molecular formula is C21H27NO4S. The van der Waals surface area contributed by atoms with Gasteiger partial charge in [-0.3, -0.25) is 4.90 Å². The van der Waals surface area contributed by atoms with Crippen LogP contribution in [0.5, 0.6) is 11.5 Å². The van der Waals surface area contributed by atoms with Gasteiger partial charge in [-0.1, -0.05) is 24.3 Å². The first-order valence-corrected chi connectivity index (χ1v) is 11.0. The van der Waals surface area contributed by atoms with Gasteiger partial charge in [0.1, 0.15) is 18.1 Å². The Kier molecular flexibility index (Phi) is 6.39. The highest BCUT2D eigenvalue weighted by atomic mass is 32.2. The minimum atomic E-state index is -2.93. The Hall–Kier alpha value is -2.05. The second kappa shape index (κ2) is 8.76. The Labute approximate surface area is 161 Å². The summed E-state index contributed by atoms with van der Waals surface area (Å²) in [6, 6.07) is 15.9. The highest BCUT2D eigenvalue weighted by Gasteiger charge is 2.32. The number of hydrogen-bond donors (Lipinski definition) is 0. The molecule has 1 aliphatic heterocycles. The van der Waals surface area contributed by atoms with Crippen LogP contribution in [0.2, 0.25) is 0 Å². The first kappa shape index (κ1) is 19.7. The Morgan fingerprint density at radius 3 is 2.52 bits per heavy atom. The van der Waals surface area contributed by atoms with Crippen molar-refractivity contribution in [2.24, 2.45) is 0 Å². The van der Waals surface area contributed by atoms with E-state index in [1.165, 1.54) is 0 Å². The fourth-order valence-corrected chi connectivity index (χ4v) is 5.17. The molecule has 0 radical (unpaired) electrons. The molecule has 27 heavy (non-hydrogen) atoms. The minimum Gasteiger partial charge on any atom is -0.497 e. The quantitative estimate of drug-likeness (QED) is 0.694. The molecule has 1 unspecified atom stereocenters. The maximum absolute atomic E-state index is 11.9. The van der Waals surface area contributed by atoms with Gasteiger partial charge in [0, 0.05) is 19.1 Å². The van der Waals surface area contributed by atoms with Gasteiger partial charge < -0.3 is 9.47 Å². The van der Waals surface area contributed by atoms with E-state index in [4.69, 9.17) is 9.47 Å². The molecule has 1 saturated heterocycles. The second-order valence-corrected chi connectivity index (χ2v) is 9.27. The summed E-state index contributed by atoms with van der Waals surface area (Å²) in [6.07, 6.45) is 0.683. The molecule has 2 aromatic rings. The van der Waals surface area contributed by atoms with E-state index in [1.54, 1.807) is 7.11 Å². The van der Waals surface area contributed by atoms with Crippen molar-refractivity contribution in [3.63, 3.8) is 0 Å². The van der Waals surface area contributed by atoms with Crippen molar-refractivity contribution >= 4 is 9.84 Å². The molecule has 0 spiro atoms. The fraction of sp³-hybridized carbons (Fsp3) is 0.429. The molecule has 1 atom stereocenters. The first-order chi connectivity index (χ1) is 12.9. The molecule has 1 heterocycles. The number of hydrogen-bond acceptors (Lipinski definition) is 5. The number of nitrogens with zero attached hydrogens (tertiary/aromatic N) is 1. The van der Waals surface area contributed by atoms with Crippen molar-refractivity contribution in [2.75, 3.05) is 31.8 Å². The third kappa shape index (κ3) is 5.71. The number of sulfone groups is 1. The monoisotopic (exact) mass is 389 g/mol. The highest BCUT2D eigenvalue weighted by molar-refractivity contribution is 7.91. The van der Waals surface area contributed by atoms with Crippen LogP contribution in [-0.2, 0) is 16.4 Å². The van der Waals surface area contributed by atoms with Crippen molar-refractivity contribution in [3.05, 3.63) is 59.7 Å². The average molecular weight is 390 g/mol. The van der Waals surface area contributed by atoms with Gasteiger partial charge in [0.2, 0.25) is 0 Å². The van der Waals surface area contributed by atoms with E-state index in [0.29, 0.717) is 26.1 Å². The Bertz CT molecular complexity index is 849. The third-order valence-corrected chi connectivity index (χ3v) is 6.66. The van der Waals surface area contributed by atoms with Crippen molar-refractivity contribution in [2.45, 2.75) is 25.9 Å². The molecule has 0 saturated carbocycles. The Balaban J connectivity index is 1.65. The molecule has 0 aliphatic carbocycles. The van der Waals surface area contributed by atoms with E-state index in [0.717, 1.165) is 22.6 Å². The van der Waals surface area contributed by atoms with Crippen molar-refractivity contribution in [1.29, 1.82) is 0 Å². The van der Waals surface area contributed by atoms with Gasteiger partial charge in [-0.25, -0.2) is 8.42 Å². The molecule has 5 nitrogen and oxygen atoms in total. The van der Waals surface area contributed by atoms with Crippen molar-refractivity contribution in [3.8, 4) is 11.5 Å². The van der Waals surface area contributed by atoms with E-state index in [1.807, 2.05) is 55.5 Å². The molecule has 6 heteroatoms. The van der Waals surface area contributed by atoms with Crippen LogP contribution in [0.25, 0.3) is 0 Å². The van der Waals surface area contributed by atoms with Crippen molar-refractivity contribution < 1.29 is 17.9 Å². The van der Waals surface area contributed by atoms with E-state index < -0.39 is 9.84 Å². The van der Waals surface area contributed by atoms with E-state index in [9.17, 15) is 8.42 Å². The van der Waals surface area contributed by atoms with Gasteiger partial charge in [0.25, 0.3) is 0 Å². The maximum Gasteiger partial charge on any atom is 0.151 e. The number of aryl methyl sites for hydroxylation is 1. The number of ether oxygens (including phenoxy) is 2. The number of rotatable bonds is 8. The van der Waals surface area contributed by atoms with Crippen LogP contribution in [0.15, 0.2) is 48.5 Å². The largest absolute Gasteiger partial charge is 0.497 e. The van der Waals surface area contributed by atoms with Gasteiger partial charge in [-0.2, -0.15) is 0 Å². The van der Waals surface area contributed by atoms with Crippen LogP contribution in [0.1, 0.15) is 17.5 Å². The molecule has 1 aliphatic rings. The molecule has 0 aromatic heterocycles. The lowest BCUT2D eigenvalue weighted by molar-refractivity contribution is 0.163. The van der Waals surface area contributed by atoms with Crippen LogP contribution in [0, 0.1) is 6.92 Å². The predicted octanol–water partition coefficient (Wildman–Crippen LogP) is 3.07. The van der Waals surface area contributed by atoms with Gasteiger partial charge in [0.05, 0.1) is 18.6 Å². The zero-order valence-corrected chi connectivity index (χ0v) is 16.7. The summed E-state index contributed by atoms with van der Waals surface area (Å²) in [5.74, 6) is 2.17. The summed E-state index contributed by atoms with van der Waals surface area (Å²) in [6.45, 7) is 3.93. The Morgan fingerprint density at radius 2 is 1.89 bits per heavy atom. The van der Waals surface area contributed by atoms with Crippen LogP contribution in [0.3, 0.4) is 0 Å². The molecule has 0 bridgehead atoms. The summed E-state index contributed by atoms with van der Waals surface area (Å²) >= 11 is 0. The van der Waals surface area contributed by atoms with Gasteiger partial charge in [0.15, 0.2) is 9.84 Å². The van der Waals surface area contributed by atoms with Crippen LogP contribution >= 0.6 is 0 Å².